The van der Waals surface area contributed by atoms with E-state index in [0.717, 1.165) is 24.5 Å². The standard InChI is InChI=1S/C12H17ClN2O2/c1-4-7-17-11-12(16-3)15-9(8-14(11)2)5-6-10(15)13/h5-6H,4,7-8H2,1-3H3. The van der Waals surface area contributed by atoms with Gasteiger partial charge in [-0.3, -0.25) is 4.57 Å². The molecule has 1 aliphatic heterocycles. The van der Waals surface area contributed by atoms with Crippen molar-refractivity contribution in [1.82, 2.24) is 9.47 Å². The molecule has 0 bridgehead atoms. The summed E-state index contributed by atoms with van der Waals surface area (Å²) in [5.41, 5.74) is 1.10. The SMILES string of the molecule is CCCOC1=C(OC)n2c(Cl)ccc2CN1C. The van der Waals surface area contributed by atoms with E-state index >= 15 is 0 Å². The Kier molecular flexibility index (Phi) is 3.52. The summed E-state index contributed by atoms with van der Waals surface area (Å²) in [7, 11) is 3.61. The lowest BCUT2D eigenvalue weighted by molar-refractivity contribution is 0.103. The average molecular weight is 257 g/mol. The van der Waals surface area contributed by atoms with Crippen LogP contribution in [0.1, 0.15) is 19.0 Å². The number of hydrogen-bond acceptors (Lipinski definition) is 3. The van der Waals surface area contributed by atoms with Gasteiger partial charge in [0, 0.05) is 12.7 Å². The van der Waals surface area contributed by atoms with Gasteiger partial charge in [0.25, 0.3) is 11.8 Å². The highest BCUT2D eigenvalue weighted by molar-refractivity contribution is 6.30. The smallest absolute Gasteiger partial charge is 0.261 e. The molecule has 94 valence electrons. The van der Waals surface area contributed by atoms with E-state index in [2.05, 4.69) is 6.92 Å². The summed E-state index contributed by atoms with van der Waals surface area (Å²) in [5.74, 6) is 1.39. The molecule has 0 radical (unpaired) electrons. The van der Waals surface area contributed by atoms with Gasteiger partial charge < -0.3 is 14.4 Å². The summed E-state index contributed by atoms with van der Waals surface area (Å²) in [5, 5.41) is 0.641. The molecule has 0 amide bonds. The van der Waals surface area contributed by atoms with Crippen molar-refractivity contribution in [3.8, 4) is 0 Å². The second-order valence-corrected chi connectivity index (χ2v) is 4.39. The molecule has 0 fully saturated rings. The zero-order valence-corrected chi connectivity index (χ0v) is 11.1. The van der Waals surface area contributed by atoms with Crippen LogP contribution in [0.2, 0.25) is 5.15 Å². The summed E-state index contributed by atoms with van der Waals surface area (Å²) in [4.78, 5) is 2.03. The third-order valence-electron chi connectivity index (χ3n) is 2.68. The Morgan fingerprint density at radius 2 is 2.12 bits per heavy atom. The zero-order valence-electron chi connectivity index (χ0n) is 10.4. The maximum atomic E-state index is 6.15. The molecule has 4 nitrogen and oxygen atoms in total. The van der Waals surface area contributed by atoms with E-state index in [4.69, 9.17) is 21.1 Å². The number of ether oxygens (including phenoxy) is 2. The van der Waals surface area contributed by atoms with Gasteiger partial charge in [-0.15, -0.1) is 0 Å². The van der Waals surface area contributed by atoms with E-state index in [1.54, 1.807) is 7.11 Å². The lowest BCUT2D eigenvalue weighted by atomic mass is 10.3. The molecule has 0 N–H and O–H groups in total. The van der Waals surface area contributed by atoms with E-state index in [0.29, 0.717) is 17.6 Å². The summed E-state index contributed by atoms with van der Waals surface area (Å²) in [6, 6.07) is 3.86. The van der Waals surface area contributed by atoms with Crippen LogP contribution in [0.3, 0.4) is 0 Å². The number of fused-ring (bicyclic) bond motifs is 1. The molecule has 0 aromatic carbocycles. The van der Waals surface area contributed by atoms with Gasteiger partial charge in [0.1, 0.15) is 5.15 Å². The summed E-state index contributed by atoms with van der Waals surface area (Å²) >= 11 is 6.15. The zero-order chi connectivity index (χ0) is 12.4. The van der Waals surface area contributed by atoms with Crippen LogP contribution in [0, 0.1) is 0 Å². The van der Waals surface area contributed by atoms with Crippen LogP contribution in [-0.4, -0.2) is 30.2 Å². The second-order valence-electron chi connectivity index (χ2n) is 4.00. The van der Waals surface area contributed by atoms with Crippen LogP contribution in [0.15, 0.2) is 18.0 Å². The normalized spacial score (nSPS) is 14.9. The minimum absolute atomic E-state index is 0.641. The maximum Gasteiger partial charge on any atom is 0.261 e. The molecule has 1 aromatic heterocycles. The topological polar surface area (TPSA) is 26.6 Å². The van der Waals surface area contributed by atoms with Crippen LogP contribution in [0.4, 0.5) is 0 Å². The van der Waals surface area contributed by atoms with E-state index in [1.165, 1.54) is 0 Å². The van der Waals surface area contributed by atoms with Crippen LogP contribution < -0.4 is 0 Å². The number of rotatable bonds is 4. The molecule has 1 aromatic rings. The number of aromatic nitrogens is 1. The van der Waals surface area contributed by atoms with Gasteiger partial charge >= 0.3 is 0 Å². The molecule has 17 heavy (non-hydrogen) atoms. The van der Waals surface area contributed by atoms with E-state index < -0.39 is 0 Å². The highest BCUT2D eigenvalue weighted by Crippen LogP contribution is 2.30. The molecule has 0 atom stereocenters. The van der Waals surface area contributed by atoms with Crippen LogP contribution in [0.25, 0.3) is 5.88 Å². The second kappa shape index (κ2) is 4.92. The fourth-order valence-corrected chi connectivity index (χ4v) is 2.17. The van der Waals surface area contributed by atoms with Crippen LogP contribution in [0.5, 0.6) is 0 Å². The van der Waals surface area contributed by atoms with Crippen molar-refractivity contribution in [3.05, 3.63) is 28.9 Å². The number of halogens is 1. The van der Waals surface area contributed by atoms with Gasteiger partial charge in [0.15, 0.2) is 0 Å². The molecule has 0 aliphatic carbocycles. The van der Waals surface area contributed by atoms with Crippen molar-refractivity contribution in [1.29, 1.82) is 0 Å². The minimum atomic E-state index is 0.641. The molecule has 2 heterocycles. The first-order valence-corrected chi connectivity index (χ1v) is 6.05. The van der Waals surface area contributed by atoms with Crippen LogP contribution >= 0.6 is 11.6 Å². The van der Waals surface area contributed by atoms with Gasteiger partial charge in [-0.1, -0.05) is 18.5 Å². The third kappa shape index (κ3) is 2.09. The molecule has 2 rings (SSSR count). The molecule has 0 spiro atoms. The monoisotopic (exact) mass is 256 g/mol. The van der Waals surface area contributed by atoms with Gasteiger partial charge in [-0.05, 0) is 18.6 Å². The quantitative estimate of drug-likeness (QED) is 0.829. The van der Waals surface area contributed by atoms with Crippen molar-refractivity contribution in [3.63, 3.8) is 0 Å². The first-order valence-electron chi connectivity index (χ1n) is 5.67. The predicted octanol–water partition coefficient (Wildman–Crippen LogP) is 2.74. The Balaban J connectivity index is 2.43. The first-order chi connectivity index (χ1) is 8.19. The summed E-state index contributed by atoms with van der Waals surface area (Å²) < 4.78 is 13.0. The van der Waals surface area contributed by atoms with Crippen molar-refractivity contribution in [2.45, 2.75) is 19.9 Å². The molecule has 0 unspecified atom stereocenters. The number of methoxy groups -OCH3 is 1. The Labute approximate surface area is 106 Å². The molecular formula is C12H17ClN2O2. The molecule has 5 heteroatoms. The third-order valence-corrected chi connectivity index (χ3v) is 2.98. The van der Waals surface area contributed by atoms with Gasteiger partial charge in [0.2, 0.25) is 0 Å². The Hall–Kier alpha value is -1.29. The first kappa shape index (κ1) is 12.2. The van der Waals surface area contributed by atoms with E-state index in [9.17, 15) is 0 Å². The van der Waals surface area contributed by atoms with Gasteiger partial charge in [0.05, 0.1) is 20.3 Å². The fourth-order valence-electron chi connectivity index (χ4n) is 1.93. The van der Waals surface area contributed by atoms with Gasteiger partial charge in [-0.25, -0.2) is 0 Å². The fraction of sp³-hybridized carbons (Fsp3) is 0.500. The number of hydrogen-bond donors (Lipinski definition) is 0. The van der Waals surface area contributed by atoms with Crippen LogP contribution in [-0.2, 0) is 16.0 Å². The summed E-state index contributed by atoms with van der Waals surface area (Å²) in [6.45, 7) is 3.50. The summed E-state index contributed by atoms with van der Waals surface area (Å²) in [6.07, 6.45) is 0.959. The minimum Gasteiger partial charge on any atom is -0.478 e. The predicted molar refractivity (Wildman–Crippen MR) is 67.4 cm³/mol. The molecular weight excluding hydrogens is 240 g/mol. The molecule has 0 saturated carbocycles. The highest BCUT2D eigenvalue weighted by atomic mass is 35.5. The largest absolute Gasteiger partial charge is 0.478 e. The van der Waals surface area contributed by atoms with Crippen molar-refractivity contribution >= 4 is 17.5 Å². The van der Waals surface area contributed by atoms with Crippen molar-refractivity contribution in [2.75, 3.05) is 20.8 Å². The van der Waals surface area contributed by atoms with E-state index in [1.807, 2.05) is 28.6 Å². The Morgan fingerprint density at radius 1 is 1.35 bits per heavy atom. The molecule has 0 saturated heterocycles. The van der Waals surface area contributed by atoms with Crippen molar-refractivity contribution < 1.29 is 9.47 Å². The maximum absolute atomic E-state index is 6.15. The molecule has 1 aliphatic rings. The lowest BCUT2D eigenvalue weighted by Crippen LogP contribution is -2.29. The van der Waals surface area contributed by atoms with Gasteiger partial charge in [-0.2, -0.15) is 0 Å². The highest BCUT2D eigenvalue weighted by Gasteiger charge is 2.26. The Bertz CT molecular complexity index is 440. The average Bonchev–Trinajstić information content (AvgIpc) is 2.67. The van der Waals surface area contributed by atoms with E-state index in [-0.39, 0.29) is 0 Å². The lowest BCUT2D eigenvalue weighted by Gasteiger charge is -2.30. The van der Waals surface area contributed by atoms with Crippen molar-refractivity contribution in [2.24, 2.45) is 0 Å². The Morgan fingerprint density at radius 3 is 2.76 bits per heavy atom. The number of nitrogens with zero attached hydrogens (tertiary/aromatic N) is 2.